The molecule has 0 N–H and O–H groups in total. The van der Waals surface area contributed by atoms with Gasteiger partial charge in [-0.3, -0.25) is 0 Å². The third-order valence-electron chi connectivity index (χ3n) is 14.6. The Morgan fingerprint density at radius 3 is 1.67 bits per heavy atom. The van der Waals surface area contributed by atoms with E-state index in [1.807, 2.05) is 0 Å². The maximum Gasteiger partial charge on any atom is 0.0547 e. The Morgan fingerprint density at radius 2 is 0.870 bits per heavy atom. The molecule has 2 heteroatoms. The van der Waals surface area contributed by atoms with Crippen molar-refractivity contribution >= 4 is 49.6 Å². The van der Waals surface area contributed by atoms with Crippen molar-refractivity contribution in [1.82, 2.24) is 4.57 Å². The van der Waals surface area contributed by atoms with Gasteiger partial charge in [0.25, 0.3) is 0 Å². The van der Waals surface area contributed by atoms with Crippen LogP contribution in [-0.4, -0.2) is 4.57 Å². The Hall–Kier alpha value is -8.72. The maximum atomic E-state index is 2.51. The minimum atomic E-state index is -0.132. The smallest absolute Gasteiger partial charge is 0.0547 e. The number of aromatic nitrogens is 1. The van der Waals surface area contributed by atoms with Crippen molar-refractivity contribution in [3.8, 4) is 61.3 Å². The summed E-state index contributed by atoms with van der Waals surface area (Å²) >= 11 is 0. The SMILES string of the molecule is CC1(C)c2ccccc2-c2ccc(-c3ccccc3N(c3cccc(-c4cccc5c4c4ccccc4n5-c4ccccc4)c3)c3ccccc3-c3cccc4cccc(-c5ccccc5)c34)cc21. The molecular weight excluding hydrogens is 833 g/mol. The van der Waals surface area contributed by atoms with E-state index in [4.69, 9.17) is 0 Å². The van der Waals surface area contributed by atoms with Crippen LogP contribution in [-0.2, 0) is 5.41 Å². The van der Waals surface area contributed by atoms with E-state index in [2.05, 4.69) is 278 Å². The summed E-state index contributed by atoms with van der Waals surface area (Å²) < 4.78 is 2.40. The van der Waals surface area contributed by atoms with Gasteiger partial charge in [0.05, 0.1) is 22.4 Å². The van der Waals surface area contributed by atoms with E-state index in [0.29, 0.717) is 0 Å². The number of nitrogens with zero attached hydrogens (tertiary/aromatic N) is 2. The highest BCUT2D eigenvalue weighted by Crippen LogP contribution is 2.52. The third-order valence-corrected chi connectivity index (χ3v) is 14.6. The van der Waals surface area contributed by atoms with E-state index >= 15 is 0 Å². The number of para-hydroxylation sites is 4. The normalized spacial score (nSPS) is 12.6. The largest absolute Gasteiger partial charge is 0.309 e. The molecule has 1 aliphatic carbocycles. The molecule has 0 radical (unpaired) electrons. The Bertz CT molecular complexity index is 3930. The van der Waals surface area contributed by atoms with Crippen LogP contribution >= 0.6 is 0 Å². The molecule has 1 heterocycles. The molecule has 0 aliphatic heterocycles. The number of rotatable bonds is 8. The zero-order valence-electron chi connectivity index (χ0n) is 38.6. The molecule has 0 fully saturated rings. The summed E-state index contributed by atoms with van der Waals surface area (Å²) in [6.07, 6.45) is 0. The number of hydrogen-bond acceptors (Lipinski definition) is 1. The number of hydrogen-bond donors (Lipinski definition) is 0. The lowest BCUT2D eigenvalue weighted by Crippen LogP contribution is -2.15. The van der Waals surface area contributed by atoms with Crippen LogP contribution in [0.15, 0.2) is 255 Å². The molecule has 12 aromatic rings. The van der Waals surface area contributed by atoms with E-state index in [-0.39, 0.29) is 5.41 Å². The quantitative estimate of drug-likeness (QED) is 0.148. The molecule has 2 nitrogen and oxygen atoms in total. The second kappa shape index (κ2) is 16.3. The number of anilines is 3. The van der Waals surface area contributed by atoms with Gasteiger partial charge in [-0.2, -0.15) is 0 Å². The molecule has 13 rings (SSSR count). The fraction of sp³-hybridized carbons (Fsp3) is 0.0448. The summed E-state index contributed by atoms with van der Waals surface area (Å²) in [5.74, 6) is 0. The van der Waals surface area contributed by atoms with Gasteiger partial charge >= 0.3 is 0 Å². The van der Waals surface area contributed by atoms with Crippen LogP contribution < -0.4 is 4.90 Å². The van der Waals surface area contributed by atoms with Gasteiger partial charge in [0.15, 0.2) is 0 Å². The fourth-order valence-corrected chi connectivity index (χ4v) is 11.4. The molecule has 0 bridgehead atoms. The Balaban J connectivity index is 1.06. The third kappa shape index (κ3) is 6.55. The van der Waals surface area contributed by atoms with Crippen molar-refractivity contribution in [3.63, 3.8) is 0 Å². The molecule has 69 heavy (non-hydrogen) atoms. The predicted octanol–water partition coefficient (Wildman–Crippen LogP) is 18.4. The average Bonchev–Trinajstić information content (AvgIpc) is 3.87. The molecule has 0 saturated carbocycles. The molecule has 0 amide bonds. The van der Waals surface area contributed by atoms with E-state index < -0.39 is 0 Å². The van der Waals surface area contributed by atoms with Gasteiger partial charge in [-0.15, -0.1) is 0 Å². The summed E-state index contributed by atoms with van der Waals surface area (Å²) in [6.45, 7) is 4.74. The van der Waals surface area contributed by atoms with Crippen LogP contribution in [0.4, 0.5) is 17.1 Å². The van der Waals surface area contributed by atoms with E-state index in [1.54, 1.807) is 0 Å². The Labute approximate surface area is 403 Å². The van der Waals surface area contributed by atoms with Crippen molar-refractivity contribution in [1.29, 1.82) is 0 Å². The Morgan fingerprint density at radius 1 is 0.333 bits per heavy atom. The monoisotopic (exact) mass is 880 g/mol. The molecule has 326 valence electrons. The van der Waals surface area contributed by atoms with E-state index in [1.165, 1.54) is 88.2 Å². The first-order chi connectivity index (χ1) is 34.0. The lowest BCUT2D eigenvalue weighted by atomic mass is 9.81. The minimum absolute atomic E-state index is 0.132. The molecule has 11 aromatic carbocycles. The lowest BCUT2D eigenvalue weighted by molar-refractivity contribution is 0.660. The summed E-state index contributed by atoms with van der Waals surface area (Å²) in [6, 6.07) is 93.8. The molecule has 1 aromatic heterocycles. The summed E-state index contributed by atoms with van der Waals surface area (Å²) in [7, 11) is 0. The van der Waals surface area contributed by atoms with Gasteiger partial charge in [0, 0.05) is 38.7 Å². The first-order valence-electron chi connectivity index (χ1n) is 24.0. The minimum Gasteiger partial charge on any atom is -0.309 e. The van der Waals surface area contributed by atoms with Crippen LogP contribution in [0.1, 0.15) is 25.0 Å². The lowest BCUT2D eigenvalue weighted by Gasteiger charge is -2.31. The van der Waals surface area contributed by atoms with Crippen molar-refractivity contribution in [2.24, 2.45) is 0 Å². The van der Waals surface area contributed by atoms with Gasteiger partial charge in [0.2, 0.25) is 0 Å². The highest BCUT2D eigenvalue weighted by atomic mass is 15.1. The summed E-state index contributed by atoms with van der Waals surface area (Å²) in [5.41, 5.74) is 21.6. The van der Waals surface area contributed by atoms with Crippen molar-refractivity contribution in [2.45, 2.75) is 19.3 Å². The fourth-order valence-electron chi connectivity index (χ4n) is 11.4. The Kier molecular flexibility index (Phi) is 9.55. The van der Waals surface area contributed by atoms with Crippen LogP contribution in [0.3, 0.4) is 0 Å². The summed E-state index contributed by atoms with van der Waals surface area (Å²) in [4.78, 5) is 2.51. The highest BCUT2D eigenvalue weighted by Gasteiger charge is 2.35. The van der Waals surface area contributed by atoms with Crippen molar-refractivity contribution < 1.29 is 0 Å². The maximum absolute atomic E-state index is 2.51. The van der Waals surface area contributed by atoms with Crippen molar-refractivity contribution in [2.75, 3.05) is 4.90 Å². The molecule has 0 saturated heterocycles. The van der Waals surface area contributed by atoms with Gasteiger partial charge in [0.1, 0.15) is 0 Å². The number of benzene rings is 11. The second-order valence-corrected chi connectivity index (χ2v) is 18.8. The number of fused-ring (bicyclic) bond motifs is 7. The predicted molar refractivity (Wildman–Crippen MR) is 292 cm³/mol. The molecular formula is C67H48N2. The zero-order chi connectivity index (χ0) is 46.1. The van der Waals surface area contributed by atoms with Gasteiger partial charge < -0.3 is 9.47 Å². The van der Waals surface area contributed by atoms with Gasteiger partial charge in [-0.1, -0.05) is 214 Å². The summed E-state index contributed by atoms with van der Waals surface area (Å²) in [5, 5.41) is 4.92. The zero-order valence-corrected chi connectivity index (χ0v) is 38.6. The van der Waals surface area contributed by atoms with E-state index in [0.717, 1.165) is 33.9 Å². The van der Waals surface area contributed by atoms with Crippen LogP contribution in [0, 0.1) is 0 Å². The molecule has 0 unspecified atom stereocenters. The first-order valence-corrected chi connectivity index (χ1v) is 24.0. The average molecular weight is 881 g/mol. The standard InChI is InChI=1S/C67H48N2/c1-67(2)59-36-13-9-30-54(59)55-42-41-48(44-60(55)67)51-29-10-14-37-61(51)69(62-38-15-11-31-56(62)57-35-19-24-46-23-18-33-52(65(46)57)45-21-5-3-6-22-45)50-28-17-25-47(43-50)53-34-20-40-64-66(53)58-32-12-16-39-63(58)68(64)49-26-7-4-8-27-49/h3-44H,1-2H3. The van der Waals surface area contributed by atoms with E-state index in [9.17, 15) is 0 Å². The van der Waals surface area contributed by atoms with Crippen LogP contribution in [0.2, 0.25) is 0 Å². The first kappa shape index (κ1) is 40.5. The van der Waals surface area contributed by atoms with Crippen LogP contribution in [0.5, 0.6) is 0 Å². The topological polar surface area (TPSA) is 8.17 Å². The van der Waals surface area contributed by atoms with Gasteiger partial charge in [-0.25, -0.2) is 0 Å². The highest BCUT2D eigenvalue weighted by molar-refractivity contribution is 6.16. The molecule has 0 spiro atoms. The molecule has 0 atom stereocenters. The van der Waals surface area contributed by atoms with Crippen molar-refractivity contribution in [3.05, 3.63) is 266 Å². The molecule has 1 aliphatic rings. The second-order valence-electron chi connectivity index (χ2n) is 18.8. The van der Waals surface area contributed by atoms with Crippen LogP contribution in [0.25, 0.3) is 93.9 Å². The van der Waals surface area contributed by atoms with Gasteiger partial charge in [-0.05, 0) is 121 Å².